The molecule has 1 aromatic rings. The molecule has 0 saturated carbocycles. The van der Waals surface area contributed by atoms with Gasteiger partial charge < -0.3 is 15.9 Å². The van der Waals surface area contributed by atoms with Crippen molar-refractivity contribution in [2.75, 3.05) is 12.8 Å². The molecule has 1 aromatic heterocycles. The molecule has 68 valence electrons. The van der Waals surface area contributed by atoms with E-state index in [2.05, 4.69) is 9.72 Å². The fourth-order valence-corrected chi connectivity index (χ4v) is 0.899. The lowest BCUT2D eigenvalue weighted by atomic mass is 10.2. The molecule has 0 amide bonds. The number of carbonyl (C=O) groups excluding carboxylic acids is 1. The molecule has 0 saturated heterocycles. The van der Waals surface area contributed by atoms with Gasteiger partial charge in [0, 0.05) is 23.7 Å². The zero-order valence-electron chi connectivity index (χ0n) is 7.07. The highest BCUT2D eigenvalue weighted by atomic mass is 16.5. The van der Waals surface area contributed by atoms with Crippen molar-refractivity contribution in [2.24, 2.45) is 0 Å². The molecular weight excluding hydrogens is 170 g/mol. The summed E-state index contributed by atoms with van der Waals surface area (Å²) in [6.45, 7) is 0. The molecule has 0 atom stereocenters. The van der Waals surface area contributed by atoms with Crippen LogP contribution in [-0.4, -0.2) is 24.3 Å². The Balaban J connectivity index is 3.28. The van der Waals surface area contributed by atoms with Gasteiger partial charge in [-0.1, -0.05) is 0 Å². The van der Waals surface area contributed by atoms with Gasteiger partial charge in [0.1, 0.15) is 0 Å². The quantitative estimate of drug-likeness (QED) is 0.509. The van der Waals surface area contributed by atoms with Crippen LogP contribution in [0.1, 0.15) is 16.1 Å². The third-order valence-electron chi connectivity index (χ3n) is 1.55. The van der Waals surface area contributed by atoms with Crippen molar-refractivity contribution in [2.45, 2.75) is 0 Å². The lowest BCUT2D eigenvalue weighted by Crippen LogP contribution is -2.10. The number of esters is 1. The Hall–Kier alpha value is -1.91. The highest BCUT2D eigenvalue weighted by molar-refractivity contribution is 6.00. The minimum atomic E-state index is -0.592. The van der Waals surface area contributed by atoms with E-state index in [4.69, 9.17) is 11.1 Å². The van der Waals surface area contributed by atoms with Crippen LogP contribution in [0.15, 0.2) is 12.3 Å². The van der Waals surface area contributed by atoms with Gasteiger partial charge in [-0.3, -0.25) is 0 Å². The summed E-state index contributed by atoms with van der Waals surface area (Å²) in [6, 6.07) is 1.52. The second kappa shape index (κ2) is 3.66. The zero-order valence-corrected chi connectivity index (χ0v) is 7.07. The molecule has 5 nitrogen and oxygen atoms in total. The first-order valence-electron chi connectivity index (χ1n) is 3.54. The van der Waals surface area contributed by atoms with E-state index in [1.54, 1.807) is 0 Å². The number of carbonyl (C=O) groups is 1. The number of methoxy groups -OCH3 is 1. The van der Waals surface area contributed by atoms with Crippen LogP contribution in [0.5, 0.6) is 0 Å². The maximum Gasteiger partial charge on any atom is 0.357 e. The number of aromatic nitrogens is 1. The maximum absolute atomic E-state index is 11.1. The lowest BCUT2D eigenvalue weighted by Gasteiger charge is -2.03. The SMILES string of the molecule is COC(=O)c1nccc(N)c1C=N. The Labute approximate surface area is 75.0 Å². The van der Waals surface area contributed by atoms with E-state index in [-0.39, 0.29) is 11.3 Å². The molecule has 3 N–H and O–H groups in total. The fourth-order valence-electron chi connectivity index (χ4n) is 0.899. The van der Waals surface area contributed by atoms with E-state index < -0.39 is 5.97 Å². The van der Waals surface area contributed by atoms with Crippen molar-refractivity contribution in [3.8, 4) is 0 Å². The smallest absolute Gasteiger partial charge is 0.357 e. The third kappa shape index (κ3) is 1.64. The predicted octanol–water partition coefficient (Wildman–Crippen LogP) is 0.448. The Morgan fingerprint density at radius 2 is 2.46 bits per heavy atom. The largest absolute Gasteiger partial charge is 0.464 e. The molecule has 0 fully saturated rings. The van der Waals surface area contributed by atoms with Gasteiger partial charge in [-0.2, -0.15) is 0 Å². The van der Waals surface area contributed by atoms with Crippen LogP contribution in [0.2, 0.25) is 0 Å². The first-order valence-corrected chi connectivity index (χ1v) is 3.54. The number of pyridine rings is 1. The average molecular weight is 179 g/mol. The summed E-state index contributed by atoms with van der Waals surface area (Å²) < 4.78 is 4.47. The number of rotatable bonds is 2. The van der Waals surface area contributed by atoms with Gasteiger partial charge >= 0.3 is 5.97 Å². The van der Waals surface area contributed by atoms with Gasteiger partial charge in [0.05, 0.1) is 7.11 Å². The minimum absolute atomic E-state index is 0.0671. The predicted molar refractivity (Wildman–Crippen MR) is 47.9 cm³/mol. The van der Waals surface area contributed by atoms with E-state index in [0.717, 1.165) is 6.21 Å². The molecule has 1 rings (SSSR count). The second-order valence-corrected chi connectivity index (χ2v) is 2.30. The summed E-state index contributed by atoms with van der Waals surface area (Å²) in [5.41, 5.74) is 6.22. The fraction of sp³-hybridized carbons (Fsp3) is 0.125. The number of ether oxygens (including phenoxy) is 1. The van der Waals surface area contributed by atoms with E-state index in [0.29, 0.717) is 5.69 Å². The number of hydrogen-bond acceptors (Lipinski definition) is 5. The number of hydrogen-bond donors (Lipinski definition) is 2. The number of nitrogens with one attached hydrogen (secondary N) is 1. The standard InChI is InChI=1S/C8H9N3O2/c1-13-8(12)7-5(4-9)6(10)2-3-11-7/h2-4,9H,1H3,(H2,10,11). The van der Waals surface area contributed by atoms with E-state index in [1.807, 2.05) is 0 Å². The van der Waals surface area contributed by atoms with Crippen LogP contribution in [0.3, 0.4) is 0 Å². The van der Waals surface area contributed by atoms with Crippen LogP contribution >= 0.6 is 0 Å². The molecular formula is C8H9N3O2. The second-order valence-electron chi connectivity index (χ2n) is 2.30. The van der Waals surface area contributed by atoms with Gasteiger partial charge in [-0.25, -0.2) is 9.78 Å². The van der Waals surface area contributed by atoms with Gasteiger partial charge in [-0.05, 0) is 6.07 Å². The van der Waals surface area contributed by atoms with Crippen molar-refractivity contribution in [3.05, 3.63) is 23.5 Å². The number of anilines is 1. The molecule has 0 aliphatic heterocycles. The van der Waals surface area contributed by atoms with Crippen LogP contribution in [0.25, 0.3) is 0 Å². The molecule has 0 spiro atoms. The Kier molecular flexibility index (Phi) is 2.59. The summed E-state index contributed by atoms with van der Waals surface area (Å²) in [4.78, 5) is 14.9. The molecule has 0 aromatic carbocycles. The van der Waals surface area contributed by atoms with Crippen molar-refractivity contribution in [3.63, 3.8) is 0 Å². The monoisotopic (exact) mass is 179 g/mol. The highest BCUT2D eigenvalue weighted by Crippen LogP contribution is 2.12. The summed E-state index contributed by atoms with van der Waals surface area (Å²) >= 11 is 0. The van der Waals surface area contributed by atoms with Gasteiger partial charge in [0.15, 0.2) is 5.69 Å². The molecule has 0 aliphatic rings. The normalized spacial score (nSPS) is 9.31. The van der Waals surface area contributed by atoms with Gasteiger partial charge in [-0.15, -0.1) is 0 Å². The van der Waals surface area contributed by atoms with Crippen LogP contribution in [-0.2, 0) is 4.74 Å². The van der Waals surface area contributed by atoms with E-state index >= 15 is 0 Å². The van der Waals surface area contributed by atoms with E-state index in [9.17, 15) is 4.79 Å². The van der Waals surface area contributed by atoms with Crippen molar-refractivity contribution >= 4 is 17.9 Å². The molecule has 5 heteroatoms. The van der Waals surface area contributed by atoms with Gasteiger partial charge in [0.2, 0.25) is 0 Å². The summed E-state index contributed by atoms with van der Waals surface area (Å²) in [6.07, 6.45) is 2.38. The summed E-state index contributed by atoms with van der Waals surface area (Å²) in [7, 11) is 1.25. The molecule has 13 heavy (non-hydrogen) atoms. The average Bonchev–Trinajstić information content (AvgIpc) is 2.16. The maximum atomic E-state index is 11.1. The van der Waals surface area contributed by atoms with E-state index in [1.165, 1.54) is 19.4 Å². The first-order chi connectivity index (χ1) is 6.20. The number of nitrogen functional groups attached to an aromatic ring is 1. The minimum Gasteiger partial charge on any atom is -0.464 e. The Bertz CT molecular complexity index is 349. The number of nitrogens with zero attached hydrogens (tertiary/aromatic N) is 1. The molecule has 0 bridgehead atoms. The summed E-state index contributed by atoms with van der Waals surface area (Å²) in [5, 5.41) is 7.04. The molecule has 0 unspecified atom stereocenters. The molecule has 0 aliphatic carbocycles. The molecule has 0 radical (unpaired) electrons. The van der Waals surface area contributed by atoms with Crippen molar-refractivity contribution in [1.29, 1.82) is 5.41 Å². The van der Waals surface area contributed by atoms with Crippen LogP contribution in [0, 0.1) is 5.41 Å². The topological polar surface area (TPSA) is 89.1 Å². The molecule has 1 heterocycles. The number of nitrogens with two attached hydrogens (primary N) is 1. The Morgan fingerprint density at radius 3 is 3.00 bits per heavy atom. The van der Waals surface area contributed by atoms with Crippen molar-refractivity contribution < 1.29 is 9.53 Å². The first kappa shape index (κ1) is 9.18. The highest BCUT2D eigenvalue weighted by Gasteiger charge is 2.13. The third-order valence-corrected chi connectivity index (χ3v) is 1.55. The Morgan fingerprint density at radius 1 is 1.77 bits per heavy atom. The van der Waals surface area contributed by atoms with Crippen LogP contribution in [0.4, 0.5) is 5.69 Å². The van der Waals surface area contributed by atoms with Crippen LogP contribution < -0.4 is 5.73 Å². The lowest BCUT2D eigenvalue weighted by molar-refractivity contribution is 0.0594. The van der Waals surface area contributed by atoms with Gasteiger partial charge in [0.25, 0.3) is 0 Å². The zero-order chi connectivity index (χ0) is 9.84. The van der Waals surface area contributed by atoms with Crippen molar-refractivity contribution in [1.82, 2.24) is 4.98 Å². The summed E-state index contributed by atoms with van der Waals surface area (Å²) in [5.74, 6) is -0.592.